The molecule has 1 saturated carbocycles. The lowest BCUT2D eigenvalue weighted by atomic mass is 9.88. The Morgan fingerprint density at radius 3 is 2.59 bits per heavy atom. The first-order valence-electron chi connectivity index (χ1n) is 12.1. The monoisotopic (exact) mass is 433 g/mol. The van der Waals surface area contributed by atoms with Crippen LogP contribution in [0.25, 0.3) is 11.1 Å². The van der Waals surface area contributed by atoms with Gasteiger partial charge in [0, 0.05) is 32.2 Å². The van der Waals surface area contributed by atoms with Crippen molar-refractivity contribution in [3.63, 3.8) is 0 Å². The van der Waals surface area contributed by atoms with Crippen molar-refractivity contribution in [1.29, 1.82) is 0 Å². The summed E-state index contributed by atoms with van der Waals surface area (Å²) in [6, 6.07) is 19.6. The predicted molar refractivity (Wildman–Crippen MR) is 127 cm³/mol. The summed E-state index contributed by atoms with van der Waals surface area (Å²) in [5, 5.41) is 13.9. The zero-order chi connectivity index (χ0) is 22.1. The number of benzene rings is 2. The third-order valence-corrected chi connectivity index (χ3v) is 8.04. The van der Waals surface area contributed by atoms with Gasteiger partial charge in [0.25, 0.3) is 0 Å². The highest BCUT2D eigenvalue weighted by molar-refractivity contribution is 5.81. The number of amides is 1. The first-order chi connectivity index (χ1) is 15.6. The molecule has 5 rings (SSSR count). The number of piperazine rings is 1. The van der Waals surface area contributed by atoms with Gasteiger partial charge in [0.05, 0.1) is 12.1 Å². The van der Waals surface area contributed by atoms with E-state index in [1.807, 2.05) is 6.92 Å². The van der Waals surface area contributed by atoms with Gasteiger partial charge >= 0.3 is 0 Å². The molecule has 3 aliphatic rings. The normalized spacial score (nSPS) is 26.6. The zero-order valence-electron chi connectivity index (χ0n) is 19.0. The molecule has 0 bridgehead atoms. The molecule has 2 aromatic rings. The summed E-state index contributed by atoms with van der Waals surface area (Å²) in [6.07, 6.45) is 4.17. The smallest absolute Gasteiger partial charge is 0.237 e. The van der Waals surface area contributed by atoms with Gasteiger partial charge < -0.3 is 10.4 Å². The van der Waals surface area contributed by atoms with Gasteiger partial charge in [0.2, 0.25) is 5.91 Å². The van der Waals surface area contributed by atoms with Crippen LogP contribution in [0.15, 0.2) is 54.6 Å². The quantitative estimate of drug-likeness (QED) is 0.733. The Labute approximate surface area is 191 Å². The Balaban J connectivity index is 1.38. The topological polar surface area (TPSA) is 55.8 Å². The van der Waals surface area contributed by atoms with Crippen molar-refractivity contribution in [2.45, 2.75) is 50.8 Å². The summed E-state index contributed by atoms with van der Waals surface area (Å²) in [4.78, 5) is 16.9. The standard InChI is InChI=1S/C27H35N3O2/c1-20-26(32)28-14-17-29(20)15-10-24(30-16-13-27(11-12-27)25(31)19-30)23-9-5-8-22(18-23)21-6-3-2-4-7-21/h2-9,18,20,24-25,31H,10-17,19H2,1H3,(H,28,32)/t20?,24?,25-/m1/s1. The number of nitrogens with one attached hydrogen (secondary N) is 1. The highest BCUT2D eigenvalue weighted by Crippen LogP contribution is 2.54. The number of carbonyl (C=O) groups is 1. The number of aliphatic hydroxyl groups excluding tert-OH is 1. The average molecular weight is 434 g/mol. The Hall–Kier alpha value is -2.21. The average Bonchev–Trinajstić information content (AvgIpc) is 3.61. The molecule has 2 aliphatic heterocycles. The number of carbonyl (C=O) groups excluding carboxylic acids is 1. The minimum atomic E-state index is -0.226. The Morgan fingerprint density at radius 2 is 1.84 bits per heavy atom. The van der Waals surface area contributed by atoms with E-state index in [2.05, 4.69) is 69.7 Å². The van der Waals surface area contributed by atoms with Crippen LogP contribution in [0.1, 0.15) is 44.2 Å². The molecule has 170 valence electrons. The van der Waals surface area contributed by atoms with Crippen LogP contribution in [0, 0.1) is 5.41 Å². The molecule has 3 atom stereocenters. The van der Waals surface area contributed by atoms with Gasteiger partial charge in [-0.15, -0.1) is 0 Å². The molecule has 2 heterocycles. The Bertz CT molecular complexity index is 943. The van der Waals surface area contributed by atoms with Gasteiger partial charge in [0.1, 0.15) is 0 Å². The molecule has 0 aromatic heterocycles. The minimum absolute atomic E-state index is 0.0817. The van der Waals surface area contributed by atoms with Gasteiger partial charge in [-0.1, -0.05) is 48.5 Å². The van der Waals surface area contributed by atoms with Crippen molar-refractivity contribution in [2.24, 2.45) is 5.41 Å². The fourth-order valence-electron chi connectivity index (χ4n) is 5.61. The number of hydrogen-bond acceptors (Lipinski definition) is 4. The lowest BCUT2D eigenvalue weighted by Crippen LogP contribution is -2.54. The second-order valence-corrected chi connectivity index (χ2v) is 9.92. The lowest BCUT2D eigenvalue weighted by molar-refractivity contribution is -0.128. The second kappa shape index (κ2) is 8.97. The van der Waals surface area contributed by atoms with E-state index < -0.39 is 0 Å². The summed E-state index contributed by atoms with van der Waals surface area (Å²) in [7, 11) is 0. The van der Waals surface area contributed by atoms with Crippen LogP contribution in [0.5, 0.6) is 0 Å². The van der Waals surface area contributed by atoms with Crippen molar-refractivity contribution < 1.29 is 9.90 Å². The van der Waals surface area contributed by atoms with E-state index in [0.29, 0.717) is 0 Å². The molecule has 2 unspecified atom stereocenters. The predicted octanol–water partition coefficient (Wildman–Crippen LogP) is 3.45. The molecule has 5 heteroatoms. The van der Waals surface area contributed by atoms with Gasteiger partial charge in [0.15, 0.2) is 0 Å². The number of likely N-dealkylation sites (tertiary alicyclic amines) is 1. The maximum atomic E-state index is 12.1. The molecule has 5 nitrogen and oxygen atoms in total. The SMILES string of the molecule is CC1C(=O)NCCN1CCC(c1cccc(-c2ccccc2)c1)N1CCC2(CC2)[C@H](O)C1. The van der Waals surface area contributed by atoms with Crippen LogP contribution in [-0.4, -0.2) is 65.7 Å². The van der Waals surface area contributed by atoms with Gasteiger partial charge in [-0.3, -0.25) is 14.6 Å². The first-order valence-corrected chi connectivity index (χ1v) is 12.1. The Kier molecular flexibility index (Phi) is 6.06. The highest BCUT2D eigenvalue weighted by Gasteiger charge is 2.51. The molecule has 0 radical (unpaired) electrons. The number of aliphatic hydroxyl groups is 1. The highest BCUT2D eigenvalue weighted by atomic mass is 16.3. The van der Waals surface area contributed by atoms with Crippen molar-refractivity contribution in [2.75, 3.05) is 32.7 Å². The van der Waals surface area contributed by atoms with Gasteiger partial charge in [-0.05, 0) is 67.3 Å². The van der Waals surface area contributed by atoms with Crippen LogP contribution in [0.3, 0.4) is 0 Å². The molecule has 1 aliphatic carbocycles. The number of piperidine rings is 1. The van der Waals surface area contributed by atoms with E-state index in [9.17, 15) is 9.90 Å². The summed E-state index contributed by atoms with van der Waals surface area (Å²) in [5.41, 5.74) is 3.96. The first kappa shape index (κ1) is 21.6. The van der Waals surface area contributed by atoms with Gasteiger partial charge in [-0.2, -0.15) is 0 Å². The Morgan fingerprint density at radius 1 is 1.06 bits per heavy atom. The van der Waals surface area contributed by atoms with Crippen molar-refractivity contribution in [3.05, 3.63) is 60.2 Å². The van der Waals surface area contributed by atoms with E-state index >= 15 is 0 Å². The van der Waals surface area contributed by atoms with Crippen molar-refractivity contribution >= 4 is 5.91 Å². The fourth-order valence-corrected chi connectivity index (χ4v) is 5.61. The molecular formula is C27H35N3O2. The molecule has 2 saturated heterocycles. The molecule has 1 spiro atoms. The molecule has 2 N–H and O–H groups in total. The number of rotatable bonds is 6. The van der Waals surface area contributed by atoms with E-state index in [0.717, 1.165) is 45.6 Å². The maximum absolute atomic E-state index is 12.1. The molecule has 32 heavy (non-hydrogen) atoms. The summed E-state index contributed by atoms with van der Waals surface area (Å²) < 4.78 is 0. The van der Waals surface area contributed by atoms with E-state index in [1.165, 1.54) is 29.5 Å². The molecule has 1 amide bonds. The van der Waals surface area contributed by atoms with Crippen LogP contribution in [0.2, 0.25) is 0 Å². The fraction of sp³-hybridized carbons (Fsp3) is 0.519. The summed E-state index contributed by atoms with van der Waals surface area (Å²) >= 11 is 0. The number of hydrogen-bond donors (Lipinski definition) is 2. The van der Waals surface area contributed by atoms with Crippen LogP contribution >= 0.6 is 0 Å². The summed E-state index contributed by atoms with van der Waals surface area (Å²) in [6.45, 7) is 6.29. The minimum Gasteiger partial charge on any atom is -0.391 e. The number of β-amino-alcohol motifs (C(OH)–C–C–N with tert-alkyl or cyclic N) is 1. The van der Waals surface area contributed by atoms with E-state index in [-0.39, 0.29) is 29.5 Å². The summed E-state index contributed by atoms with van der Waals surface area (Å²) in [5.74, 6) is 0.128. The second-order valence-electron chi connectivity index (χ2n) is 9.92. The van der Waals surface area contributed by atoms with E-state index in [4.69, 9.17) is 0 Å². The molecule has 2 aromatic carbocycles. The molecular weight excluding hydrogens is 398 g/mol. The van der Waals surface area contributed by atoms with E-state index in [1.54, 1.807) is 0 Å². The van der Waals surface area contributed by atoms with Crippen molar-refractivity contribution in [1.82, 2.24) is 15.1 Å². The maximum Gasteiger partial charge on any atom is 0.237 e. The van der Waals surface area contributed by atoms with Crippen molar-refractivity contribution in [3.8, 4) is 11.1 Å². The third-order valence-electron chi connectivity index (χ3n) is 8.04. The number of nitrogens with zero attached hydrogens (tertiary/aromatic N) is 2. The third kappa shape index (κ3) is 4.34. The zero-order valence-corrected chi connectivity index (χ0v) is 19.0. The largest absolute Gasteiger partial charge is 0.391 e. The van der Waals surface area contributed by atoms with Crippen LogP contribution < -0.4 is 5.32 Å². The lowest BCUT2D eigenvalue weighted by Gasteiger charge is -2.42. The molecule has 3 fully saturated rings. The van der Waals surface area contributed by atoms with Gasteiger partial charge in [-0.25, -0.2) is 0 Å². The van der Waals surface area contributed by atoms with Crippen LogP contribution in [-0.2, 0) is 4.79 Å². The van der Waals surface area contributed by atoms with Crippen LogP contribution in [0.4, 0.5) is 0 Å².